The number of ether oxygens (including phenoxy) is 2. The molecule has 2 heterocycles. The van der Waals surface area contributed by atoms with Crippen LogP contribution in [0, 0.1) is 0 Å². The van der Waals surface area contributed by atoms with Crippen molar-refractivity contribution in [3.63, 3.8) is 0 Å². The Kier molecular flexibility index (Phi) is 8.45. The monoisotopic (exact) mass is 563 g/mol. The van der Waals surface area contributed by atoms with Gasteiger partial charge < -0.3 is 35.4 Å². The van der Waals surface area contributed by atoms with Crippen molar-refractivity contribution in [3.8, 4) is 11.5 Å². The summed E-state index contributed by atoms with van der Waals surface area (Å²) in [7, 11) is 1.58. The smallest absolute Gasteiger partial charge is 0.487 e. The molecule has 2 aromatic carbocycles. The molecule has 38 heavy (non-hydrogen) atoms. The molecule has 1 fully saturated rings. The zero-order chi connectivity index (χ0) is 27.3. The quantitative estimate of drug-likeness (QED) is 0.225. The van der Waals surface area contributed by atoms with Crippen LogP contribution in [0.1, 0.15) is 16.8 Å². The molecular weight excluding hydrogens is 540 g/mol. The fourth-order valence-electron chi connectivity index (χ4n) is 3.76. The van der Waals surface area contributed by atoms with Gasteiger partial charge in [0, 0.05) is 42.3 Å². The van der Waals surface area contributed by atoms with Crippen LogP contribution in [-0.2, 0) is 0 Å². The highest BCUT2D eigenvalue weighted by molar-refractivity contribution is 7.80. The third-order valence-corrected chi connectivity index (χ3v) is 5.81. The highest BCUT2D eigenvalue weighted by Gasteiger charge is 2.27. The van der Waals surface area contributed by atoms with Crippen molar-refractivity contribution in [1.29, 1.82) is 0 Å². The van der Waals surface area contributed by atoms with Crippen LogP contribution in [0.25, 0.3) is 0 Å². The second-order valence-electron chi connectivity index (χ2n) is 8.32. The minimum atomic E-state index is -3.84. The number of anilines is 4. The number of rotatable bonds is 8. The van der Waals surface area contributed by atoms with Crippen LogP contribution in [0.3, 0.4) is 0 Å². The molecule has 1 aromatic heterocycles. The van der Waals surface area contributed by atoms with Gasteiger partial charge >= 0.3 is 5.57 Å². The topological polar surface area (TPSA) is 108 Å². The van der Waals surface area contributed by atoms with E-state index in [1.165, 1.54) is 30.5 Å². The van der Waals surface area contributed by atoms with E-state index in [1.807, 2.05) is 4.90 Å². The Morgan fingerprint density at radius 1 is 1.11 bits per heavy atom. The van der Waals surface area contributed by atoms with Gasteiger partial charge in [-0.1, -0.05) is 0 Å². The van der Waals surface area contributed by atoms with Crippen LogP contribution in [0.4, 0.5) is 31.7 Å². The third-order valence-electron chi connectivity index (χ3n) is 5.53. The van der Waals surface area contributed by atoms with E-state index in [4.69, 9.17) is 28.6 Å². The molecule has 1 unspecified atom stereocenters. The van der Waals surface area contributed by atoms with E-state index in [9.17, 15) is 18.7 Å². The minimum Gasteiger partial charge on any atom is -0.497 e. The number of aliphatic hydroxyl groups excluding tert-OH is 1. The summed E-state index contributed by atoms with van der Waals surface area (Å²) >= 11 is 10.2. The van der Waals surface area contributed by atoms with Gasteiger partial charge in [-0.2, -0.15) is 0 Å². The number of nitrogens with zero attached hydrogens (tertiary/aromatic N) is 2. The Bertz CT molecular complexity index is 1290. The number of aliphatic hydroxyl groups is 1. The van der Waals surface area contributed by atoms with E-state index in [0.29, 0.717) is 42.5 Å². The molecule has 1 amide bonds. The van der Waals surface area contributed by atoms with E-state index in [0.717, 1.165) is 5.69 Å². The molecule has 13 heteroatoms. The number of methoxy groups -OCH3 is 1. The van der Waals surface area contributed by atoms with Gasteiger partial charge in [0.2, 0.25) is 0 Å². The summed E-state index contributed by atoms with van der Waals surface area (Å²) in [6, 6.07) is 14.1. The largest absolute Gasteiger partial charge is 0.497 e. The molecule has 4 N–H and O–H groups in total. The number of β-amino-alcohol motifs (C(OH)–C–C–N with tert-alkyl or cyclic N) is 1. The Balaban J connectivity index is 1.51. The SMILES string of the molecule is COc1ccc(NC(=S)Nc2cc(C(=O)Nc3ccc(OC(F)(F)Cl)cc3)cnc2N2CCC(O)C2)cc1. The van der Waals surface area contributed by atoms with Gasteiger partial charge in [-0.05, 0) is 73.2 Å². The Morgan fingerprint density at radius 2 is 1.74 bits per heavy atom. The summed E-state index contributed by atoms with van der Waals surface area (Å²) in [5.74, 6) is 0.581. The highest BCUT2D eigenvalue weighted by Crippen LogP contribution is 2.29. The van der Waals surface area contributed by atoms with Crippen molar-refractivity contribution >= 4 is 57.7 Å². The molecule has 3 aromatic rings. The van der Waals surface area contributed by atoms with Crippen molar-refractivity contribution < 1.29 is 28.2 Å². The molecule has 1 saturated heterocycles. The van der Waals surface area contributed by atoms with E-state index in [1.54, 1.807) is 37.4 Å². The number of aromatic nitrogens is 1. The minimum absolute atomic E-state index is 0.161. The summed E-state index contributed by atoms with van der Waals surface area (Å²) in [5.41, 5.74) is -2.09. The molecule has 9 nitrogen and oxygen atoms in total. The summed E-state index contributed by atoms with van der Waals surface area (Å²) in [6.07, 6.45) is 1.52. The second kappa shape index (κ2) is 11.8. The van der Waals surface area contributed by atoms with Crippen molar-refractivity contribution in [1.82, 2.24) is 4.98 Å². The lowest BCUT2D eigenvalue weighted by Crippen LogP contribution is -2.26. The maximum Gasteiger partial charge on any atom is 0.487 e. The molecule has 1 atom stereocenters. The molecule has 0 radical (unpaired) electrons. The maximum absolute atomic E-state index is 12.9. The van der Waals surface area contributed by atoms with Crippen LogP contribution >= 0.6 is 23.8 Å². The van der Waals surface area contributed by atoms with Gasteiger partial charge in [-0.25, -0.2) is 4.98 Å². The number of pyridine rings is 1. The Labute approximate surface area is 227 Å². The fraction of sp³-hybridized carbons (Fsp3) is 0.240. The lowest BCUT2D eigenvalue weighted by atomic mass is 10.2. The summed E-state index contributed by atoms with van der Waals surface area (Å²) in [5, 5.41) is 19.1. The van der Waals surface area contributed by atoms with Crippen molar-refractivity contribution in [2.45, 2.75) is 18.1 Å². The average molecular weight is 564 g/mol. The molecule has 0 aliphatic carbocycles. The zero-order valence-electron chi connectivity index (χ0n) is 20.1. The van der Waals surface area contributed by atoms with Crippen molar-refractivity contribution in [3.05, 3.63) is 66.4 Å². The van der Waals surface area contributed by atoms with Crippen LogP contribution in [0.2, 0.25) is 0 Å². The molecule has 1 aliphatic rings. The summed E-state index contributed by atoms with van der Waals surface area (Å²) in [4.78, 5) is 19.3. The van der Waals surface area contributed by atoms with Gasteiger partial charge in [0.1, 0.15) is 11.5 Å². The predicted molar refractivity (Wildman–Crippen MR) is 146 cm³/mol. The van der Waals surface area contributed by atoms with Gasteiger partial charge in [0.25, 0.3) is 5.91 Å². The number of hydrogen-bond donors (Lipinski definition) is 4. The van der Waals surface area contributed by atoms with Crippen LogP contribution < -0.4 is 30.3 Å². The van der Waals surface area contributed by atoms with E-state index < -0.39 is 17.6 Å². The summed E-state index contributed by atoms with van der Waals surface area (Å²) in [6.45, 7) is 0.977. The van der Waals surface area contributed by atoms with E-state index in [-0.39, 0.29) is 16.4 Å². The molecule has 1 aliphatic heterocycles. The first-order valence-corrected chi connectivity index (χ1v) is 12.2. The van der Waals surface area contributed by atoms with Gasteiger partial charge in [-0.15, -0.1) is 8.78 Å². The lowest BCUT2D eigenvalue weighted by molar-refractivity contribution is -0.0964. The number of thiocarbonyl (C=S) groups is 1. The number of carbonyl (C=O) groups excluding carboxylic acids is 1. The summed E-state index contributed by atoms with van der Waals surface area (Å²) < 4.78 is 35.1. The predicted octanol–water partition coefficient (Wildman–Crippen LogP) is 4.89. The highest BCUT2D eigenvalue weighted by atomic mass is 35.5. The maximum atomic E-state index is 12.9. The fourth-order valence-corrected chi connectivity index (χ4v) is 4.08. The van der Waals surface area contributed by atoms with Gasteiger partial charge in [-0.3, -0.25) is 4.79 Å². The number of amides is 1. The first kappa shape index (κ1) is 27.3. The van der Waals surface area contributed by atoms with Crippen LogP contribution in [-0.4, -0.2) is 53.0 Å². The molecule has 0 bridgehead atoms. The molecule has 0 saturated carbocycles. The average Bonchev–Trinajstić information content (AvgIpc) is 3.30. The van der Waals surface area contributed by atoms with Crippen molar-refractivity contribution in [2.75, 3.05) is 41.0 Å². The van der Waals surface area contributed by atoms with Crippen LogP contribution in [0.15, 0.2) is 60.8 Å². The molecular formula is C25H24ClF2N5O4S. The normalized spacial score (nSPS) is 15.1. The van der Waals surface area contributed by atoms with Crippen LogP contribution in [0.5, 0.6) is 11.5 Å². The molecule has 4 rings (SSSR count). The van der Waals surface area contributed by atoms with E-state index in [2.05, 4.69) is 25.7 Å². The second-order valence-corrected chi connectivity index (χ2v) is 9.17. The number of benzene rings is 2. The first-order chi connectivity index (χ1) is 18.1. The lowest BCUT2D eigenvalue weighted by Gasteiger charge is -2.22. The van der Waals surface area contributed by atoms with Gasteiger partial charge in [0.05, 0.1) is 24.5 Å². The Hall–Kier alpha value is -3.74. The Morgan fingerprint density at radius 3 is 2.32 bits per heavy atom. The number of alkyl halides is 3. The standard InChI is InChI=1S/C25H24ClF2N5O4S/c1-36-19-6-2-17(3-7-19)31-24(38)32-21-12-15(13-29-22(21)33-11-10-18(34)14-33)23(35)30-16-4-8-20(9-5-16)37-25(26,27)28/h2-9,12-13,18,34H,10-11,14H2,1H3,(H,30,35)(H2,31,32,38). The zero-order valence-corrected chi connectivity index (χ0v) is 21.7. The van der Waals surface area contributed by atoms with E-state index >= 15 is 0 Å². The number of halogens is 3. The molecule has 0 spiro atoms. The molecule has 200 valence electrons. The van der Waals surface area contributed by atoms with Gasteiger partial charge in [0.15, 0.2) is 10.9 Å². The third kappa shape index (κ3) is 7.40. The first-order valence-electron chi connectivity index (χ1n) is 11.4. The number of carbonyl (C=O) groups is 1. The van der Waals surface area contributed by atoms with Crippen molar-refractivity contribution in [2.24, 2.45) is 0 Å². The number of hydrogen-bond acceptors (Lipinski definition) is 7. The number of nitrogens with one attached hydrogen (secondary N) is 3.